The van der Waals surface area contributed by atoms with Crippen molar-refractivity contribution in [2.24, 2.45) is 5.92 Å². The topological polar surface area (TPSA) is 43.4 Å². The summed E-state index contributed by atoms with van der Waals surface area (Å²) in [6.07, 6.45) is 0. The van der Waals surface area contributed by atoms with Crippen molar-refractivity contribution in [1.82, 2.24) is 0 Å². The molecule has 0 saturated carbocycles. The molecule has 1 atom stereocenters. The van der Waals surface area contributed by atoms with Crippen LogP contribution in [0.1, 0.15) is 24.2 Å². The first-order valence-corrected chi connectivity index (χ1v) is 5.82. The lowest BCUT2D eigenvalue weighted by Crippen LogP contribution is -2.23. The SMILES string of the molecule is CCOC(=O)[C@H](C)C(=O)c1ccc(Br)cc1. The third-order valence-electron chi connectivity index (χ3n) is 2.16. The van der Waals surface area contributed by atoms with Gasteiger partial charge in [-0.15, -0.1) is 0 Å². The lowest BCUT2D eigenvalue weighted by molar-refractivity contribution is -0.145. The van der Waals surface area contributed by atoms with Gasteiger partial charge in [0.15, 0.2) is 5.78 Å². The first kappa shape index (κ1) is 12.9. The largest absolute Gasteiger partial charge is 0.465 e. The number of hydrogen-bond donors (Lipinski definition) is 0. The maximum absolute atomic E-state index is 11.9. The average molecular weight is 285 g/mol. The Morgan fingerprint density at radius 1 is 1.31 bits per heavy atom. The summed E-state index contributed by atoms with van der Waals surface area (Å²) in [5.74, 6) is -1.44. The van der Waals surface area contributed by atoms with Crippen molar-refractivity contribution in [3.05, 3.63) is 34.3 Å². The Hall–Kier alpha value is -1.16. The molecule has 0 spiro atoms. The lowest BCUT2D eigenvalue weighted by atomic mass is 10.00. The molecule has 0 fully saturated rings. The second-order valence-electron chi connectivity index (χ2n) is 3.34. The maximum Gasteiger partial charge on any atom is 0.316 e. The molecule has 0 radical (unpaired) electrons. The Bertz CT molecular complexity index is 384. The minimum atomic E-state index is -0.749. The van der Waals surface area contributed by atoms with Crippen molar-refractivity contribution >= 4 is 27.7 Å². The van der Waals surface area contributed by atoms with Crippen LogP contribution < -0.4 is 0 Å². The van der Waals surface area contributed by atoms with Gasteiger partial charge in [0.05, 0.1) is 6.61 Å². The van der Waals surface area contributed by atoms with Gasteiger partial charge in [-0.05, 0) is 26.0 Å². The zero-order chi connectivity index (χ0) is 12.1. The van der Waals surface area contributed by atoms with Crippen molar-refractivity contribution in [2.75, 3.05) is 6.61 Å². The molecule has 0 aliphatic rings. The van der Waals surface area contributed by atoms with Gasteiger partial charge in [-0.25, -0.2) is 0 Å². The summed E-state index contributed by atoms with van der Waals surface area (Å²) >= 11 is 3.28. The van der Waals surface area contributed by atoms with Crippen molar-refractivity contribution in [2.45, 2.75) is 13.8 Å². The van der Waals surface area contributed by atoms with Crippen LogP contribution in [0.25, 0.3) is 0 Å². The van der Waals surface area contributed by atoms with E-state index < -0.39 is 11.9 Å². The van der Waals surface area contributed by atoms with Crippen LogP contribution in [0.2, 0.25) is 0 Å². The summed E-state index contributed by atoms with van der Waals surface area (Å²) in [6.45, 7) is 3.56. The summed E-state index contributed by atoms with van der Waals surface area (Å²) in [5, 5.41) is 0. The van der Waals surface area contributed by atoms with Crippen LogP contribution >= 0.6 is 15.9 Å². The van der Waals surface area contributed by atoms with E-state index in [1.807, 2.05) is 0 Å². The van der Waals surface area contributed by atoms with Gasteiger partial charge in [-0.2, -0.15) is 0 Å². The highest BCUT2D eigenvalue weighted by atomic mass is 79.9. The van der Waals surface area contributed by atoms with Crippen molar-refractivity contribution in [3.8, 4) is 0 Å². The van der Waals surface area contributed by atoms with Crippen LogP contribution in [-0.2, 0) is 9.53 Å². The molecule has 4 heteroatoms. The molecule has 0 aromatic heterocycles. The quantitative estimate of drug-likeness (QED) is 0.485. The molecule has 0 aliphatic heterocycles. The summed E-state index contributed by atoms with van der Waals surface area (Å²) in [4.78, 5) is 23.2. The molecule has 86 valence electrons. The lowest BCUT2D eigenvalue weighted by Gasteiger charge is -2.09. The van der Waals surface area contributed by atoms with Gasteiger partial charge in [-0.1, -0.05) is 28.1 Å². The molecule has 0 amide bonds. The Labute approximate surface area is 103 Å². The second kappa shape index (κ2) is 5.80. The highest BCUT2D eigenvalue weighted by molar-refractivity contribution is 9.10. The molecule has 0 unspecified atom stereocenters. The van der Waals surface area contributed by atoms with Gasteiger partial charge < -0.3 is 4.74 Å². The normalized spacial score (nSPS) is 11.9. The number of hydrogen-bond acceptors (Lipinski definition) is 3. The Morgan fingerprint density at radius 3 is 2.38 bits per heavy atom. The number of benzene rings is 1. The highest BCUT2D eigenvalue weighted by Gasteiger charge is 2.23. The number of carbonyl (C=O) groups excluding carboxylic acids is 2. The Balaban J connectivity index is 2.78. The Kier molecular flexibility index (Phi) is 4.68. The first-order chi connectivity index (χ1) is 7.56. The number of Topliss-reactive ketones (excluding diaryl/α,β-unsaturated/α-hetero) is 1. The van der Waals surface area contributed by atoms with Crippen LogP contribution in [0.3, 0.4) is 0 Å². The number of halogens is 1. The molecule has 3 nitrogen and oxygen atoms in total. The number of carbonyl (C=O) groups is 2. The van der Waals surface area contributed by atoms with Crippen LogP contribution in [0.15, 0.2) is 28.7 Å². The summed E-state index contributed by atoms with van der Waals surface area (Å²) < 4.78 is 5.70. The molecule has 1 aromatic carbocycles. The van der Waals surface area contributed by atoms with Crippen LogP contribution in [0.5, 0.6) is 0 Å². The van der Waals surface area contributed by atoms with Crippen LogP contribution in [-0.4, -0.2) is 18.4 Å². The van der Waals surface area contributed by atoms with Gasteiger partial charge in [0.2, 0.25) is 0 Å². The van der Waals surface area contributed by atoms with E-state index >= 15 is 0 Å². The van der Waals surface area contributed by atoms with E-state index in [0.29, 0.717) is 5.56 Å². The fourth-order valence-corrected chi connectivity index (χ4v) is 1.50. The molecular weight excluding hydrogens is 272 g/mol. The summed E-state index contributed by atoms with van der Waals surface area (Å²) in [7, 11) is 0. The fourth-order valence-electron chi connectivity index (χ4n) is 1.24. The molecule has 1 rings (SSSR count). The molecule has 0 saturated heterocycles. The van der Waals surface area contributed by atoms with E-state index in [4.69, 9.17) is 4.74 Å². The van der Waals surface area contributed by atoms with Crippen LogP contribution in [0.4, 0.5) is 0 Å². The average Bonchev–Trinajstić information content (AvgIpc) is 2.28. The third-order valence-corrected chi connectivity index (χ3v) is 2.69. The van der Waals surface area contributed by atoms with Crippen molar-refractivity contribution < 1.29 is 14.3 Å². The molecule has 0 aliphatic carbocycles. The smallest absolute Gasteiger partial charge is 0.316 e. The van der Waals surface area contributed by atoms with E-state index in [1.165, 1.54) is 0 Å². The van der Waals surface area contributed by atoms with E-state index in [2.05, 4.69) is 15.9 Å². The molecule has 1 aromatic rings. The zero-order valence-corrected chi connectivity index (χ0v) is 10.8. The van der Waals surface area contributed by atoms with Crippen molar-refractivity contribution in [3.63, 3.8) is 0 Å². The molecular formula is C12H13BrO3. The van der Waals surface area contributed by atoms with Gasteiger partial charge in [0, 0.05) is 10.0 Å². The van der Waals surface area contributed by atoms with E-state index in [0.717, 1.165) is 4.47 Å². The van der Waals surface area contributed by atoms with Gasteiger partial charge >= 0.3 is 5.97 Å². The van der Waals surface area contributed by atoms with Crippen LogP contribution in [0, 0.1) is 5.92 Å². The number of ketones is 1. The molecule has 16 heavy (non-hydrogen) atoms. The summed E-state index contributed by atoms with van der Waals surface area (Å²) in [5.41, 5.74) is 0.517. The minimum absolute atomic E-state index is 0.217. The molecule has 0 heterocycles. The Morgan fingerprint density at radius 2 is 1.88 bits per heavy atom. The fraction of sp³-hybridized carbons (Fsp3) is 0.333. The first-order valence-electron chi connectivity index (χ1n) is 5.02. The van der Waals surface area contributed by atoms with E-state index in [-0.39, 0.29) is 12.4 Å². The predicted molar refractivity (Wildman–Crippen MR) is 64.3 cm³/mol. The monoisotopic (exact) mass is 284 g/mol. The minimum Gasteiger partial charge on any atom is -0.465 e. The van der Waals surface area contributed by atoms with Gasteiger partial charge in [-0.3, -0.25) is 9.59 Å². The van der Waals surface area contributed by atoms with E-state index in [9.17, 15) is 9.59 Å². The summed E-state index contributed by atoms with van der Waals surface area (Å²) in [6, 6.07) is 6.90. The highest BCUT2D eigenvalue weighted by Crippen LogP contribution is 2.14. The van der Waals surface area contributed by atoms with E-state index in [1.54, 1.807) is 38.1 Å². The number of ether oxygens (including phenoxy) is 1. The second-order valence-corrected chi connectivity index (χ2v) is 4.26. The predicted octanol–water partition coefficient (Wildman–Crippen LogP) is 2.83. The number of rotatable bonds is 4. The maximum atomic E-state index is 11.9. The van der Waals surface area contributed by atoms with Gasteiger partial charge in [0.1, 0.15) is 5.92 Å². The standard InChI is InChI=1S/C12H13BrO3/c1-3-16-12(15)8(2)11(14)9-4-6-10(13)7-5-9/h4-8H,3H2,1-2H3/t8-/m1/s1. The number of esters is 1. The third kappa shape index (κ3) is 3.17. The van der Waals surface area contributed by atoms with Gasteiger partial charge in [0.25, 0.3) is 0 Å². The zero-order valence-electron chi connectivity index (χ0n) is 9.20. The molecule has 0 bridgehead atoms. The molecule has 0 N–H and O–H groups in total. The van der Waals surface area contributed by atoms with Crippen molar-refractivity contribution in [1.29, 1.82) is 0 Å².